The summed E-state index contributed by atoms with van der Waals surface area (Å²) < 4.78 is 0. The van der Waals surface area contributed by atoms with Gasteiger partial charge >= 0.3 is 0 Å². The zero-order chi connectivity index (χ0) is 12.1. The maximum Gasteiger partial charge on any atom is 0.101 e. The van der Waals surface area contributed by atoms with Gasteiger partial charge in [-0.2, -0.15) is 0 Å². The van der Waals surface area contributed by atoms with Gasteiger partial charge in [0.1, 0.15) is 5.03 Å². The first-order valence-electron chi connectivity index (χ1n) is 5.17. The number of rotatable bonds is 3. The molecule has 1 heterocycles. The third-order valence-electron chi connectivity index (χ3n) is 2.26. The van der Waals surface area contributed by atoms with Crippen molar-refractivity contribution in [3.8, 4) is 0 Å². The second-order valence-corrected chi connectivity index (χ2v) is 4.58. The van der Waals surface area contributed by atoms with Gasteiger partial charge in [0.15, 0.2) is 0 Å². The number of oxime groups is 1. The van der Waals surface area contributed by atoms with E-state index in [1.165, 1.54) is 6.21 Å². The lowest BCUT2D eigenvalue weighted by Gasteiger charge is -2.03. The minimum absolute atomic E-state index is 0.824. The van der Waals surface area contributed by atoms with Crippen LogP contribution in [0.25, 0.3) is 0 Å². The number of benzene rings is 1. The Balaban J connectivity index is 2.21. The maximum atomic E-state index is 8.49. The normalized spacial score (nSPS) is 10.9. The molecule has 2 aromatic rings. The monoisotopic (exact) mass is 244 g/mol. The largest absolute Gasteiger partial charge is 0.411 e. The average Bonchev–Trinajstić information content (AvgIpc) is 2.34. The number of nitrogens with zero attached hydrogens (tertiary/aromatic N) is 2. The van der Waals surface area contributed by atoms with Gasteiger partial charge in [-0.15, -0.1) is 0 Å². The van der Waals surface area contributed by atoms with Crippen LogP contribution in [0.2, 0.25) is 0 Å². The highest BCUT2D eigenvalue weighted by Gasteiger charge is 2.02. The summed E-state index contributed by atoms with van der Waals surface area (Å²) in [7, 11) is 0. The van der Waals surface area contributed by atoms with Crippen LogP contribution < -0.4 is 0 Å². The number of hydrogen-bond acceptors (Lipinski definition) is 4. The molecule has 0 radical (unpaired) electrons. The summed E-state index contributed by atoms with van der Waals surface area (Å²) in [5, 5.41) is 12.4. The van der Waals surface area contributed by atoms with E-state index in [2.05, 4.69) is 10.1 Å². The molecule has 1 aromatic heterocycles. The molecule has 17 heavy (non-hydrogen) atoms. The Morgan fingerprint density at radius 3 is 2.59 bits per heavy atom. The maximum absolute atomic E-state index is 8.49. The lowest BCUT2D eigenvalue weighted by molar-refractivity contribution is 0.322. The van der Waals surface area contributed by atoms with Crippen molar-refractivity contribution in [2.45, 2.75) is 16.8 Å². The van der Waals surface area contributed by atoms with Gasteiger partial charge in [0.25, 0.3) is 0 Å². The Hall–Kier alpha value is -1.81. The summed E-state index contributed by atoms with van der Waals surface area (Å²) >= 11 is 1.61. The van der Waals surface area contributed by atoms with Crippen LogP contribution >= 0.6 is 11.8 Å². The molecule has 0 aliphatic heterocycles. The number of aryl methyl sites for hydroxylation is 1. The van der Waals surface area contributed by atoms with Crippen LogP contribution in [0.15, 0.2) is 57.5 Å². The van der Waals surface area contributed by atoms with Crippen LogP contribution in [-0.2, 0) is 0 Å². The van der Waals surface area contributed by atoms with E-state index < -0.39 is 0 Å². The number of hydrogen-bond donors (Lipinski definition) is 1. The van der Waals surface area contributed by atoms with Crippen LogP contribution in [0, 0.1) is 6.92 Å². The third-order valence-corrected chi connectivity index (χ3v) is 3.21. The first-order chi connectivity index (χ1) is 8.29. The molecule has 0 bridgehead atoms. The molecule has 0 unspecified atom stereocenters. The van der Waals surface area contributed by atoms with Gasteiger partial charge < -0.3 is 5.21 Å². The fraction of sp³-hybridized carbons (Fsp3) is 0.0769. The van der Waals surface area contributed by atoms with Crippen molar-refractivity contribution in [2.75, 3.05) is 0 Å². The second-order valence-electron chi connectivity index (χ2n) is 3.48. The highest BCUT2D eigenvalue weighted by molar-refractivity contribution is 7.99. The van der Waals surface area contributed by atoms with Gasteiger partial charge in [-0.3, -0.25) is 0 Å². The highest BCUT2D eigenvalue weighted by atomic mass is 32.2. The zero-order valence-electron chi connectivity index (χ0n) is 9.37. The predicted molar refractivity (Wildman–Crippen MR) is 68.9 cm³/mol. The number of aromatic nitrogens is 1. The lowest BCUT2D eigenvalue weighted by Crippen LogP contribution is -1.92. The molecule has 0 amide bonds. The molecular formula is C13H12N2OS. The van der Waals surface area contributed by atoms with Crippen molar-refractivity contribution >= 4 is 18.0 Å². The highest BCUT2D eigenvalue weighted by Crippen LogP contribution is 2.26. The fourth-order valence-corrected chi connectivity index (χ4v) is 2.27. The third kappa shape index (κ3) is 3.07. The average molecular weight is 244 g/mol. The van der Waals surface area contributed by atoms with Crippen molar-refractivity contribution in [3.05, 3.63) is 53.7 Å². The number of pyridine rings is 1. The molecule has 3 nitrogen and oxygen atoms in total. The minimum Gasteiger partial charge on any atom is -0.411 e. The van der Waals surface area contributed by atoms with E-state index in [9.17, 15) is 0 Å². The second kappa shape index (κ2) is 5.50. The molecular weight excluding hydrogens is 232 g/mol. The van der Waals surface area contributed by atoms with Gasteiger partial charge in [-0.1, -0.05) is 35.1 Å². The first kappa shape index (κ1) is 11.7. The van der Waals surface area contributed by atoms with Gasteiger partial charge in [0.05, 0.1) is 6.21 Å². The van der Waals surface area contributed by atoms with E-state index in [0.717, 1.165) is 21.2 Å². The van der Waals surface area contributed by atoms with Crippen molar-refractivity contribution in [2.24, 2.45) is 5.16 Å². The summed E-state index contributed by atoms with van der Waals surface area (Å²) in [6, 6.07) is 13.9. The van der Waals surface area contributed by atoms with Crippen molar-refractivity contribution in [1.29, 1.82) is 0 Å². The van der Waals surface area contributed by atoms with Crippen LogP contribution in [-0.4, -0.2) is 16.4 Å². The van der Waals surface area contributed by atoms with E-state index in [4.69, 9.17) is 5.21 Å². The summed E-state index contributed by atoms with van der Waals surface area (Å²) in [6.45, 7) is 1.89. The minimum atomic E-state index is 0.824. The summed E-state index contributed by atoms with van der Waals surface area (Å²) in [6.07, 6.45) is 1.39. The SMILES string of the molecule is Cc1nc(Sc2ccccc2)ccc1/C=N/O. The molecule has 86 valence electrons. The van der Waals surface area contributed by atoms with Crippen LogP contribution in [0.1, 0.15) is 11.3 Å². The van der Waals surface area contributed by atoms with E-state index in [1.807, 2.05) is 49.4 Å². The van der Waals surface area contributed by atoms with Crippen LogP contribution in [0.4, 0.5) is 0 Å². The molecule has 0 fully saturated rings. The Morgan fingerprint density at radius 1 is 1.18 bits per heavy atom. The lowest BCUT2D eigenvalue weighted by atomic mass is 10.2. The molecule has 0 aliphatic carbocycles. The summed E-state index contributed by atoms with van der Waals surface area (Å²) in [4.78, 5) is 5.60. The Morgan fingerprint density at radius 2 is 1.94 bits per heavy atom. The molecule has 0 atom stereocenters. The van der Waals surface area contributed by atoms with Crippen molar-refractivity contribution in [3.63, 3.8) is 0 Å². The quantitative estimate of drug-likeness (QED) is 0.511. The molecule has 2 rings (SSSR count). The molecule has 0 aliphatic rings. The van der Waals surface area contributed by atoms with E-state index in [1.54, 1.807) is 11.8 Å². The van der Waals surface area contributed by atoms with Gasteiger partial charge in [-0.25, -0.2) is 4.98 Å². The fourth-order valence-electron chi connectivity index (χ4n) is 1.41. The summed E-state index contributed by atoms with van der Waals surface area (Å²) in [5.41, 5.74) is 1.67. The zero-order valence-corrected chi connectivity index (χ0v) is 10.2. The molecule has 1 aromatic carbocycles. The Labute approximate surface area is 104 Å². The van der Waals surface area contributed by atoms with Crippen molar-refractivity contribution < 1.29 is 5.21 Å². The van der Waals surface area contributed by atoms with Gasteiger partial charge in [0, 0.05) is 16.2 Å². The molecule has 0 spiro atoms. The van der Waals surface area contributed by atoms with E-state index in [0.29, 0.717) is 0 Å². The Bertz CT molecular complexity index is 526. The Kier molecular flexibility index (Phi) is 3.77. The van der Waals surface area contributed by atoms with E-state index >= 15 is 0 Å². The van der Waals surface area contributed by atoms with Gasteiger partial charge in [0.2, 0.25) is 0 Å². The van der Waals surface area contributed by atoms with Crippen molar-refractivity contribution in [1.82, 2.24) is 4.98 Å². The van der Waals surface area contributed by atoms with Gasteiger partial charge in [-0.05, 0) is 31.2 Å². The molecule has 0 saturated heterocycles. The predicted octanol–water partition coefficient (Wildman–Crippen LogP) is 3.35. The first-order valence-corrected chi connectivity index (χ1v) is 5.99. The topological polar surface area (TPSA) is 45.5 Å². The van der Waals surface area contributed by atoms with Crippen LogP contribution in [0.3, 0.4) is 0 Å². The standard InChI is InChI=1S/C13H12N2OS/c1-10-11(9-14-16)7-8-13(15-10)17-12-5-3-2-4-6-12/h2-9,16H,1H3/b14-9+. The van der Waals surface area contributed by atoms with Crippen LogP contribution in [0.5, 0.6) is 0 Å². The molecule has 1 N–H and O–H groups in total. The van der Waals surface area contributed by atoms with E-state index in [-0.39, 0.29) is 0 Å². The molecule has 4 heteroatoms. The molecule has 0 saturated carbocycles. The summed E-state index contributed by atoms with van der Waals surface area (Å²) in [5.74, 6) is 0. The smallest absolute Gasteiger partial charge is 0.101 e.